The molecule has 0 saturated carbocycles. The van der Waals surface area contributed by atoms with E-state index >= 15 is 0 Å². The topological polar surface area (TPSA) is 115 Å². The molecule has 0 bridgehead atoms. The van der Waals surface area contributed by atoms with Gasteiger partial charge in [-0.25, -0.2) is 4.79 Å². The molecular weight excluding hydrogens is 238 g/mol. The second-order valence-corrected chi connectivity index (χ2v) is 5.15. The van der Waals surface area contributed by atoms with E-state index in [4.69, 9.17) is 5.11 Å². The second kappa shape index (κ2) is 5.07. The number of imidazole rings is 1. The lowest BCUT2D eigenvalue weighted by Gasteiger charge is -2.30. The zero-order valence-corrected chi connectivity index (χ0v) is 10.5. The van der Waals surface area contributed by atoms with Crippen molar-refractivity contribution in [1.82, 2.24) is 15.3 Å². The number of rotatable bonds is 4. The molecule has 4 N–H and O–H groups in total. The number of H-pyrrole nitrogens is 2. The van der Waals surface area contributed by atoms with Crippen LogP contribution in [-0.2, 0) is 4.79 Å². The number of aromatic amines is 2. The lowest BCUT2D eigenvalue weighted by Crippen LogP contribution is -2.45. The number of hydrogen-bond donors (Lipinski definition) is 4. The van der Waals surface area contributed by atoms with Crippen molar-refractivity contribution in [3.05, 3.63) is 22.4 Å². The summed E-state index contributed by atoms with van der Waals surface area (Å²) in [6, 6.07) is -0.527. The van der Waals surface area contributed by atoms with E-state index in [-0.39, 0.29) is 12.1 Å². The van der Waals surface area contributed by atoms with E-state index < -0.39 is 29.0 Å². The molecule has 18 heavy (non-hydrogen) atoms. The number of carboxylic acids is 1. The van der Waals surface area contributed by atoms with Crippen molar-refractivity contribution in [2.45, 2.75) is 33.2 Å². The molecule has 1 rings (SSSR count). The molecule has 7 nitrogen and oxygen atoms in total. The van der Waals surface area contributed by atoms with E-state index in [1.54, 1.807) is 0 Å². The fourth-order valence-electron chi connectivity index (χ4n) is 1.44. The minimum absolute atomic E-state index is 0.0830. The molecular formula is C11H17N3O4. The van der Waals surface area contributed by atoms with Crippen molar-refractivity contribution >= 4 is 11.9 Å². The van der Waals surface area contributed by atoms with Crippen LogP contribution in [0.25, 0.3) is 0 Å². The molecule has 1 aromatic rings. The summed E-state index contributed by atoms with van der Waals surface area (Å²) in [5.74, 6) is -1.49. The van der Waals surface area contributed by atoms with Crippen LogP contribution in [0.15, 0.2) is 11.0 Å². The van der Waals surface area contributed by atoms with Gasteiger partial charge in [-0.3, -0.25) is 9.59 Å². The Morgan fingerprint density at radius 3 is 2.44 bits per heavy atom. The van der Waals surface area contributed by atoms with E-state index in [2.05, 4.69) is 15.3 Å². The summed E-state index contributed by atoms with van der Waals surface area (Å²) in [5.41, 5.74) is -0.796. The Balaban J connectivity index is 2.81. The largest absolute Gasteiger partial charge is 0.481 e. The maximum atomic E-state index is 11.8. The summed E-state index contributed by atoms with van der Waals surface area (Å²) in [6.07, 6.45) is 1.07. The van der Waals surface area contributed by atoms with E-state index in [0.717, 1.165) is 0 Å². The summed E-state index contributed by atoms with van der Waals surface area (Å²) in [7, 11) is 0. The lowest BCUT2D eigenvalue weighted by atomic mass is 9.84. The summed E-state index contributed by atoms with van der Waals surface area (Å²) in [4.78, 5) is 38.1. The van der Waals surface area contributed by atoms with Crippen LogP contribution in [0.1, 0.15) is 37.7 Å². The average molecular weight is 255 g/mol. The molecule has 100 valence electrons. The van der Waals surface area contributed by atoms with Crippen molar-refractivity contribution < 1.29 is 14.7 Å². The highest BCUT2D eigenvalue weighted by Crippen LogP contribution is 2.22. The number of amides is 1. The molecule has 0 fully saturated rings. The zero-order valence-electron chi connectivity index (χ0n) is 10.5. The van der Waals surface area contributed by atoms with Gasteiger partial charge in [-0.15, -0.1) is 0 Å². The first-order chi connectivity index (χ1) is 8.20. The van der Waals surface area contributed by atoms with Crippen LogP contribution >= 0.6 is 0 Å². The molecule has 0 aliphatic heterocycles. The summed E-state index contributed by atoms with van der Waals surface area (Å²) in [6.45, 7) is 5.50. The quantitative estimate of drug-likeness (QED) is 0.620. The van der Waals surface area contributed by atoms with Crippen molar-refractivity contribution in [2.24, 2.45) is 5.41 Å². The lowest BCUT2D eigenvalue weighted by molar-refractivity contribution is -0.138. The van der Waals surface area contributed by atoms with Crippen molar-refractivity contribution in [3.8, 4) is 0 Å². The Labute approximate surface area is 104 Å². The van der Waals surface area contributed by atoms with Crippen LogP contribution in [0.2, 0.25) is 0 Å². The van der Waals surface area contributed by atoms with E-state index in [1.807, 2.05) is 20.8 Å². The third kappa shape index (κ3) is 3.76. The molecule has 7 heteroatoms. The number of hydrogen-bond acceptors (Lipinski definition) is 3. The molecule has 1 aromatic heterocycles. The molecule has 0 saturated heterocycles. The van der Waals surface area contributed by atoms with Gasteiger partial charge in [0.25, 0.3) is 5.91 Å². The van der Waals surface area contributed by atoms with Gasteiger partial charge in [0.2, 0.25) is 0 Å². The number of carboxylic acid groups (broad SMARTS) is 1. The molecule has 1 heterocycles. The van der Waals surface area contributed by atoms with Crippen LogP contribution in [0.5, 0.6) is 0 Å². The van der Waals surface area contributed by atoms with Crippen molar-refractivity contribution in [2.75, 3.05) is 0 Å². The Hall–Kier alpha value is -2.05. The molecule has 0 aliphatic carbocycles. The van der Waals surface area contributed by atoms with Crippen molar-refractivity contribution in [1.29, 1.82) is 0 Å². The van der Waals surface area contributed by atoms with Crippen LogP contribution in [0.3, 0.4) is 0 Å². The Bertz CT molecular complexity index is 495. The number of carbonyl (C=O) groups excluding carboxylic acids is 1. The van der Waals surface area contributed by atoms with Crippen LogP contribution in [0, 0.1) is 5.41 Å². The molecule has 1 unspecified atom stereocenters. The van der Waals surface area contributed by atoms with Gasteiger partial charge in [0.1, 0.15) is 5.69 Å². The number of carbonyl (C=O) groups is 2. The first kappa shape index (κ1) is 14.0. The zero-order chi connectivity index (χ0) is 13.9. The third-order valence-electron chi connectivity index (χ3n) is 2.57. The number of nitrogens with one attached hydrogen (secondary N) is 3. The van der Waals surface area contributed by atoms with Crippen molar-refractivity contribution in [3.63, 3.8) is 0 Å². The van der Waals surface area contributed by atoms with E-state index in [9.17, 15) is 14.4 Å². The van der Waals surface area contributed by atoms with Crippen LogP contribution < -0.4 is 11.0 Å². The van der Waals surface area contributed by atoms with Gasteiger partial charge in [-0.2, -0.15) is 0 Å². The average Bonchev–Trinajstić information content (AvgIpc) is 2.61. The van der Waals surface area contributed by atoms with Gasteiger partial charge >= 0.3 is 11.7 Å². The molecule has 1 amide bonds. The molecule has 0 aromatic carbocycles. The second-order valence-electron chi connectivity index (χ2n) is 5.15. The van der Waals surface area contributed by atoms with Gasteiger partial charge in [0.15, 0.2) is 0 Å². The minimum Gasteiger partial charge on any atom is -0.481 e. The Morgan fingerprint density at radius 1 is 1.44 bits per heavy atom. The summed E-state index contributed by atoms with van der Waals surface area (Å²) >= 11 is 0. The standard InChI is InChI=1S/C11H17N3O4/c1-11(2,3)7(4-8(15)16)14-9(17)6-5-12-10(18)13-6/h5,7H,4H2,1-3H3,(H,14,17)(H,15,16)(H2,12,13,18). The molecule has 0 aliphatic rings. The summed E-state index contributed by atoms with van der Waals surface area (Å²) in [5, 5.41) is 11.4. The fraction of sp³-hybridized carbons (Fsp3) is 0.545. The van der Waals surface area contributed by atoms with Gasteiger partial charge in [0.05, 0.1) is 6.42 Å². The first-order valence-corrected chi connectivity index (χ1v) is 5.50. The van der Waals surface area contributed by atoms with E-state index in [0.29, 0.717) is 0 Å². The highest BCUT2D eigenvalue weighted by molar-refractivity contribution is 5.92. The predicted molar refractivity (Wildman–Crippen MR) is 64.4 cm³/mol. The molecule has 0 radical (unpaired) electrons. The summed E-state index contributed by atoms with van der Waals surface area (Å²) < 4.78 is 0. The van der Waals surface area contributed by atoms with Crippen LogP contribution in [0.4, 0.5) is 0 Å². The highest BCUT2D eigenvalue weighted by Gasteiger charge is 2.29. The predicted octanol–water partition coefficient (Wildman–Crippen LogP) is 0.322. The van der Waals surface area contributed by atoms with E-state index in [1.165, 1.54) is 6.20 Å². The van der Waals surface area contributed by atoms with Gasteiger partial charge in [-0.05, 0) is 5.41 Å². The fourth-order valence-corrected chi connectivity index (χ4v) is 1.44. The maximum Gasteiger partial charge on any atom is 0.323 e. The molecule has 1 atom stereocenters. The molecule has 0 spiro atoms. The monoisotopic (exact) mass is 255 g/mol. The Kier molecular flexibility index (Phi) is 3.95. The maximum absolute atomic E-state index is 11.8. The van der Waals surface area contributed by atoms with Gasteiger partial charge < -0.3 is 20.4 Å². The number of aliphatic carboxylic acids is 1. The Morgan fingerprint density at radius 2 is 2.06 bits per heavy atom. The van der Waals surface area contributed by atoms with Gasteiger partial charge in [-0.1, -0.05) is 20.8 Å². The highest BCUT2D eigenvalue weighted by atomic mass is 16.4. The minimum atomic E-state index is -0.988. The third-order valence-corrected chi connectivity index (χ3v) is 2.57. The number of aromatic nitrogens is 2. The van der Waals surface area contributed by atoms with Crippen LogP contribution in [-0.4, -0.2) is 33.0 Å². The first-order valence-electron chi connectivity index (χ1n) is 5.50. The smallest absolute Gasteiger partial charge is 0.323 e. The normalized spacial score (nSPS) is 13.1. The van der Waals surface area contributed by atoms with Gasteiger partial charge in [0, 0.05) is 12.2 Å². The SMILES string of the molecule is CC(C)(C)C(CC(=O)O)NC(=O)c1c[nH]c(=O)[nH]1.